The van der Waals surface area contributed by atoms with Gasteiger partial charge in [0.05, 0.1) is 0 Å². The lowest BCUT2D eigenvalue weighted by molar-refractivity contribution is 0.632. The molecule has 96 valence electrons. The topological polar surface area (TPSA) is 3.24 Å². The Labute approximate surface area is 118 Å². The normalized spacial score (nSPS) is 12.6. The summed E-state index contributed by atoms with van der Waals surface area (Å²) in [6.45, 7) is 6.65. The summed E-state index contributed by atoms with van der Waals surface area (Å²) >= 11 is 3.57. The van der Waals surface area contributed by atoms with E-state index in [-0.39, 0.29) is 0 Å². The summed E-state index contributed by atoms with van der Waals surface area (Å²) in [5, 5.41) is 3.72. The van der Waals surface area contributed by atoms with Crippen molar-refractivity contribution in [1.29, 1.82) is 0 Å². The van der Waals surface area contributed by atoms with Crippen LogP contribution in [0.2, 0.25) is 0 Å². The second-order valence-corrected chi connectivity index (χ2v) is 5.44. The Morgan fingerprint density at radius 2 is 1.83 bits per heavy atom. The van der Waals surface area contributed by atoms with Crippen LogP contribution in [-0.2, 0) is 0 Å². The Bertz CT molecular complexity index is 504. The molecule has 2 rings (SSSR count). The minimum atomic E-state index is 0.656. The van der Waals surface area contributed by atoms with E-state index in [0.717, 1.165) is 18.4 Å². The summed E-state index contributed by atoms with van der Waals surface area (Å²) in [5.41, 5.74) is 1.35. The molecule has 18 heavy (non-hydrogen) atoms. The Hall–Kier alpha value is -1.02. The lowest BCUT2D eigenvalue weighted by atomic mass is 10.1. The number of hydrogen-bond acceptors (Lipinski definition) is 1. The van der Waals surface area contributed by atoms with Crippen LogP contribution in [0.4, 0.5) is 5.69 Å². The second-order valence-electron chi connectivity index (χ2n) is 4.80. The molecule has 0 aromatic heterocycles. The summed E-state index contributed by atoms with van der Waals surface area (Å²) in [6.07, 6.45) is 0. The highest BCUT2D eigenvalue weighted by molar-refractivity contribution is 9.09. The van der Waals surface area contributed by atoms with E-state index in [1.54, 1.807) is 0 Å². The molecule has 0 bridgehead atoms. The van der Waals surface area contributed by atoms with Crippen LogP contribution in [0.25, 0.3) is 10.8 Å². The first-order valence-electron chi connectivity index (χ1n) is 6.55. The van der Waals surface area contributed by atoms with Gasteiger partial charge in [0.15, 0.2) is 0 Å². The molecule has 0 spiro atoms. The van der Waals surface area contributed by atoms with Crippen molar-refractivity contribution in [2.75, 3.05) is 23.3 Å². The first kappa shape index (κ1) is 13.4. The molecular formula is C16H20BrN. The summed E-state index contributed by atoms with van der Waals surface area (Å²) in [5.74, 6) is 0.656. The van der Waals surface area contributed by atoms with Crippen LogP contribution in [0.15, 0.2) is 42.5 Å². The Morgan fingerprint density at radius 1 is 1.11 bits per heavy atom. The molecule has 1 unspecified atom stereocenters. The Balaban J connectivity index is 2.38. The van der Waals surface area contributed by atoms with Crippen LogP contribution in [0.5, 0.6) is 0 Å². The van der Waals surface area contributed by atoms with Gasteiger partial charge in [0.25, 0.3) is 0 Å². The van der Waals surface area contributed by atoms with Crippen LogP contribution in [-0.4, -0.2) is 18.4 Å². The Kier molecular flexibility index (Phi) is 4.65. The van der Waals surface area contributed by atoms with Gasteiger partial charge in [-0.15, -0.1) is 0 Å². The quantitative estimate of drug-likeness (QED) is 0.724. The lowest BCUT2D eigenvalue weighted by Crippen LogP contribution is -2.28. The van der Waals surface area contributed by atoms with Gasteiger partial charge < -0.3 is 4.90 Å². The third kappa shape index (κ3) is 2.86. The molecule has 0 saturated heterocycles. The maximum Gasteiger partial charge on any atom is 0.0445 e. The standard InChI is InChI=1S/C16H20BrN/c1-3-18(12-13(2)11-17)16-10-6-8-14-7-4-5-9-15(14)16/h4-10,13H,3,11-12H2,1-2H3. The number of anilines is 1. The lowest BCUT2D eigenvalue weighted by Gasteiger charge is -2.27. The molecule has 2 heteroatoms. The molecule has 0 aliphatic heterocycles. The molecule has 0 N–H and O–H groups in total. The van der Waals surface area contributed by atoms with Gasteiger partial charge in [-0.25, -0.2) is 0 Å². The molecule has 0 heterocycles. The smallest absolute Gasteiger partial charge is 0.0445 e. The van der Waals surface area contributed by atoms with E-state index in [4.69, 9.17) is 0 Å². The third-order valence-electron chi connectivity index (χ3n) is 3.28. The van der Waals surface area contributed by atoms with Crippen LogP contribution in [0.1, 0.15) is 13.8 Å². The highest BCUT2D eigenvalue weighted by Crippen LogP contribution is 2.27. The maximum atomic E-state index is 3.57. The predicted octanol–water partition coefficient (Wildman–Crippen LogP) is 4.70. The molecule has 2 aromatic rings. The van der Waals surface area contributed by atoms with Crippen LogP contribution in [0.3, 0.4) is 0 Å². The van der Waals surface area contributed by atoms with Gasteiger partial charge in [-0.1, -0.05) is 59.3 Å². The summed E-state index contributed by atoms with van der Waals surface area (Å²) in [7, 11) is 0. The van der Waals surface area contributed by atoms with Crippen molar-refractivity contribution in [2.24, 2.45) is 5.92 Å². The SMILES string of the molecule is CCN(CC(C)CBr)c1cccc2ccccc12. The number of hydrogen-bond donors (Lipinski definition) is 0. The molecule has 0 aliphatic rings. The summed E-state index contributed by atoms with van der Waals surface area (Å²) < 4.78 is 0. The van der Waals surface area contributed by atoms with E-state index in [2.05, 4.69) is 77.1 Å². The van der Waals surface area contributed by atoms with Crippen molar-refractivity contribution in [3.63, 3.8) is 0 Å². The molecule has 2 aromatic carbocycles. The van der Waals surface area contributed by atoms with E-state index in [1.165, 1.54) is 16.5 Å². The third-order valence-corrected chi connectivity index (χ3v) is 4.39. The second kappa shape index (κ2) is 6.24. The highest BCUT2D eigenvalue weighted by Gasteiger charge is 2.11. The highest BCUT2D eigenvalue weighted by atomic mass is 79.9. The van der Waals surface area contributed by atoms with E-state index in [1.807, 2.05) is 0 Å². The average Bonchev–Trinajstić information content (AvgIpc) is 2.44. The number of alkyl halides is 1. The van der Waals surface area contributed by atoms with E-state index in [0.29, 0.717) is 5.92 Å². The molecule has 0 fully saturated rings. The van der Waals surface area contributed by atoms with Gasteiger partial charge in [-0.2, -0.15) is 0 Å². The van der Waals surface area contributed by atoms with Crippen molar-refractivity contribution < 1.29 is 0 Å². The van der Waals surface area contributed by atoms with Crippen LogP contribution >= 0.6 is 15.9 Å². The van der Waals surface area contributed by atoms with Gasteiger partial charge >= 0.3 is 0 Å². The molecular weight excluding hydrogens is 286 g/mol. The minimum Gasteiger partial charge on any atom is -0.371 e. The predicted molar refractivity (Wildman–Crippen MR) is 84.8 cm³/mol. The van der Waals surface area contributed by atoms with Crippen molar-refractivity contribution >= 4 is 32.4 Å². The zero-order valence-corrected chi connectivity index (χ0v) is 12.7. The number of rotatable bonds is 5. The number of nitrogens with zero attached hydrogens (tertiary/aromatic N) is 1. The van der Waals surface area contributed by atoms with Crippen molar-refractivity contribution in [2.45, 2.75) is 13.8 Å². The molecule has 0 aliphatic carbocycles. The number of fused-ring (bicyclic) bond motifs is 1. The maximum absolute atomic E-state index is 3.57. The molecule has 1 nitrogen and oxygen atoms in total. The van der Waals surface area contributed by atoms with Crippen molar-refractivity contribution in [3.8, 4) is 0 Å². The number of benzene rings is 2. The van der Waals surface area contributed by atoms with Crippen LogP contribution < -0.4 is 4.90 Å². The zero-order valence-electron chi connectivity index (χ0n) is 11.1. The van der Waals surface area contributed by atoms with E-state index in [9.17, 15) is 0 Å². The monoisotopic (exact) mass is 305 g/mol. The van der Waals surface area contributed by atoms with Crippen molar-refractivity contribution in [3.05, 3.63) is 42.5 Å². The van der Waals surface area contributed by atoms with Crippen molar-refractivity contribution in [1.82, 2.24) is 0 Å². The van der Waals surface area contributed by atoms with E-state index >= 15 is 0 Å². The molecule has 0 radical (unpaired) electrons. The van der Waals surface area contributed by atoms with Crippen LogP contribution in [0, 0.1) is 5.92 Å². The zero-order chi connectivity index (χ0) is 13.0. The molecule has 1 atom stereocenters. The minimum absolute atomic E-state index is 0.656. The fourth-order valence-electron chi connectivity index (χ4n) is 2.31. The molecule has 0 saturated carbocycles. The summed E-state index contributed by atoms with van der Waals surface area (Å²) in [4.78, 5) is 2.47. The fraction of sp³-hybridized carbons (Fsp3) is 0.375. The summed E-state index contributed by atoms with van der Waals surface area (Å²) in [6, 6.07) is 15.2. The van der Waals surface area contributed by atoms with E-state index < -0.39 is 0 Å². The average molecular weight is 306 g/mol. The van der Waals surface area contributed by atoms with Gasteiger partial charge in [0.2, 0.25) is 0 Å². The first-order chi connectivity index (χ1) is 8.76. The van der Waals surface area contributed by atoms with Gasteiger partial charge in [-0.05, 0) is 24.3 Å². The van der Waals surface area contributed by atoms with Gasteiger partial charge in [-0.3, -0.25) is 0 Å². The number of halogens is 1. The largest absolute Gasteiger partial charge is 0.371 e. The van der Waals surface area contributed by atoms with Gasteiger partial charge in [0.1, 0.15) is 0 Å². The molecule has 0 amide bonds. The van der Waals surface area contributed by atoms with Gasteiger partial charge in [0, 0.05) is 29.5 Å². The Morgan fingerprint density at radius 3 is 2.56 bits per heavy atom. The fourth-order valence-corrected chi connectivity index (χ4v) is 2.51. The first-order valence-corrected chi connectivity index (χ1v) is 7.67.